The zero-order valence-electron chi connectivity index (χ0n) is 28.0. The highest BCUT2D eigenvalue weighted by Gasteiger charge is 2.45. The molecule has 13 heteroatoms. The largest absolute Gasteiger partial charge is 0.461 e. The molecule has 2 atom stereocenters. The van der Waals surface area contributed by atoms with Crippen molar-refractivity contribution in [3.8, 4) is 18.1 Å². The first-order valence-electron chi connectivity index (χ1n) is 15.7. The Kier molecular flexibility index (Phi) is 9.85. The molecule has 0 saturated heterocycles. The summed E-state index contributed by atoms with van der Waals surface area (Å²) < 4.78 is 24.9. The van der Waals surface area contributed by atoms with E-state index in [2.05, 4.69) is 20.9 Å². The Balaban J connectivity index is 1.42. The number of rotatable bonds is 12. The highest BCUT2D eigenvalue weighted by molar-refractivity contribution is 6.28. The van der Waals surface area contributed by atoms with Gasteiger partial charge < -0.3 is 29.2 Å². The van der Waals surface area contributed by atoms with Crippen LogP contribution >= 0.6 is 11.6 Å². The Morgan fingerprint density at radius 3 is 2.56 bits per heavy atom. The lowest BCUT2D eigenvalue weighted by atomic mass is 9.69. The lowest BCUT2D eigenvalue weighted by molar-refractivity contribution is -0.172. The van der Waals surface area contributed by atoms with Crippen LogP contribution in [-0.2, 0) is 40.6 Å². The van der Waals surface area contributed by atoms with Crippen molar-refractivity contribution in [2.75, 3.05) is 19.5 Å². The maximum atomic E-state index is 13.6. The number of imidazole rings is 1. The van der Waals surface area contributed by atoms with Gasteiger partial charge >= 0.3 is 17.9 Å². The number of carbonyl (C=O) groups is 3. The molecule has 254 valence electrons. The lowest BCUT2D eigenvalue weighted by Gasteiger charge is -2.38. The van der Waals surface area contributed by atoms with Crippen molar-refractivity contribution in [1.82, 2.24) is 19.5 Å². The van der Waals surface area contributed by atoms with Crippen molar-refractivity contribution in [3.63, 3.8) is 0 Å². The Morgan fingerprint density at radius 1 is 1.21 bits per heavy atom. The monoisotopic (exact) mass is 677 g/mol. The summed E-state index contributed by atoms with van der Waals surface area (Å²) >= 11 is 6.10. The highest BCUT2D eigenvalue weighted by Crippen LogP contribution is 2.45. The van der Waals surface area contributed by atoms with Gasteiger partial charge in [0.15, 0.2) is 17.6 Å². The molecule has 12 nitrogen and oxygen atoms in total. The smallest absolute Gasteiger partial charge is 0.334 e. The third kappa shape index (κ3) is 7.03. The molecular weight excluding hydrogens is 638 g/mol. The molecule has 3 aromatic rings. The van der Waals surface area contributed by atoms with Crippen LogP contribution in [-0.4, -0.2) is 62.8 Å². The molecule has 0 radical (unpaired) electrons. The molecule has 2 bridgehead atoms. The van der Waals surface area contributed by atoms with E-state index in [1.54, 1.807) is 10.6 Å². The van der Waals surface area contributed by atoms with Gasteiger partial charge in [-0.25, -0.2) is 9.78 Å². The maximum absolute atomic E-state index is 13.6. The van der Waals surface area contributed by atoms with Gasteiger partial charge in [-0.15, -0.1) is 6.42 Å². The van der Waals surface area contributed by atoms with Gasteiger partial charge in [0.05, 0.1) is 19.3 Å². The number of allylic oxidation sites excluding steroid dienone is 1. The summed E-state index contributed by atoms with van der Waals surface area (Å²) in [5.74, 6) is 2.12. The second kappa shape index (κ2) is 13.6. The van der Waals surface area contributed by atoms with Gasteiger partial charge in [0.2, 0.25) is 10.9 Å². The van der Waals surface area contributed by atoms with E-state index in [4.69, 9.17) is 42.7 Å². The summed E-state index contributed by atoms with van der Waals surface area (Å²) in [6.07, 6.45) is 9.61. The molecule has 6 rings (SSSR count). The van der Waals surface area contributed by atoms with E-state index in [1.807, 2.05) is 33.8 Å². The number of hydrogen-bond donors (Lipinski definition) is 1. The Labute approximate surface area is 284 Å². The number of methoxy groups -OCH3 is 1. The minimum atomic E-state index is -1.71. The van der Waals surface area contributed by atoms with Gasteiger partial charge in [-0.3, -0.25) is 9.59 Å². The quantitative estimate of drug-likeness (QED) is 0.120. The zero-order valence-corrected chi connectivity index (χ0v) is 28.8. The molecule has 2 N–H and O–H groups in total. The molecule has 1 fully saturated rings. The fourth-order valence-corrected chi connectivity index (χ4v) is 6.96. The molecule has 2 heterocycles. The van der Waals surface area contributed by atoms with Gasteiger partial charge in [-0.1, -0.05) is 31.4 Å². The van der Waals surface area contributed by atoms with Crippen LogP contribution in [0, 0.1) is 32.1 Å². The number of nitrogen functional groups attached to an aromatic ring is 1. The van der Waals surface area contributed by atoms with Gasteiger partial charge in [0.25, 0.3) is 0 Å². The number of terminal acetylenes is 1. The molecule has 0 amide bonds. The maximum Gasteiger partial charge on any atom is 0.334 e. The van der Waals surface area contributed by atoms with Crippen molar-refractivity contribution in [2.45, 2.75) is 90.4 Å². The van der Waals surface area contributed by atoms with Crippen LogP contribution in [0.5, 0.6) is 5.75 Å². The van der Waals surface area contributed by atoms with E-state index < -0.39 is 41.6 Å². The normalized spacial score (nSPS) is 16.5. The van der Waals surface area contributed by atoms with Gasteiger partial charge in [0.1, 0.15) is 17.9 Å². The third-order valence-electron chi connectivity index (χ3n) is 9.16. The summed E-state index contributed by atoms with van der Waals surface area (Å²) in [5, 5.41) is -0.0869. The zero-order chi connectivity index (χ0) is 35.0. The summed E-state index contributed by atoms with van der Waals surface area (Å²) in [7, 11) is 1.36. The number of benzene rings is 1. The lowest BCUT2D eigenvalue weighted by Crippen LogP contribution is -2.52. The fraction of sp³-hybridized carbons (Fsp3) is 0.486. The number of aryl methyl sites for hydroxylation is 2. The van der Waals surface area contributed by atoms with E-state index >= 15 is 0 Å². The Bertz CT molecular complexity index is 1850. The van der Waals surface area contributed by atoms with Crippen LogP contribution < -0.4 is 10.5 Å². The molecule has 0 aliphatic heterocycles. The number of fused-ring (bicyclic) bond motifs is 3. The molecule has 1 aromatic carbocycles. The molecule has 2 aromatic heterocycles. The molecule has 1 unspecified atom stereocenters. The van der Waals surface area contributed by atoms with Crippen molar-refractivity contribution in [1.29, 1.82) is 0 Å². The standard InChI is InChI=1S/C35H40ClN5O7/c1-8-35(45-7,17-46-27(43)15-34(5,6)28-20(3)11-19(2)12-25(28)47-21(4)42)26(48-32(44)24-10-9-22-13-23(24)14-22)16-41-18-38-29-30(37)39-33(36)40-31(29)41/h1,11-12,18,22,26H,9-10,13-17H2,2-7H3,(H2,37,39,40)/t26-,35?/m0/s1. The van der Waals surface area contributed by atoms with Gasteiger partial charge in [0, 0.05) is 30.6 Å². The number of anilines is 1. The Morgan fingerprint density at radius 2 is 1.94 bits per heavy atom. The minimum Gasteiger partial charge on any atom is -0.461 e. The van der Waals surface area contributed by atoms with Crippen molar-refractivity contribution < 1.29 is 33.3 Å². The van der Waals surface area contributed by atoms with Crippen LogP contribution in [0.1, 0.15) is 69.6 Å². The molecule has 0 spiro atoms. The average molecular weight is 678 g/mol. The van der Waals surface area contributed by atoms with E-state index in [1.165, 1.54) is 20.4 Å². The molecule has 48 heavy (non-hydrogen) atoms. The number of hydrogen-bond acceptors (Lipinski definition) is 11. The first-order chi connectivity index (χ1) is 22.7. The van der Waals surface area contributed by atoms with Crippen LogP contribution in [0.2, 0.25) is 5.28 Å². The van der Waals surface area contributed by atoms with Crippen LogP contribution in [0.4, 0.5) is 5.82 Å². The topological polar surface area (TPSA) is 158 Å². The van der Waals surface area contributed by atoms with E-state index in [0.29, 0.717) is 40.4 Å². The number of nitrogens with two attached hydrogens (primary N) is 1. The number of nitrogens with zero attached hydrogens (tertiary/aromatic N) is 4. The predicted octanol–water partition coefficient (Wildman–Crippen LogP) is 4.95. The third-order valence-corrected chi connectivity index (χ3v) is 9.33. The van der Waals surface area contributed by atoms with E-state index in [9.17, 15) is 14.4 Å². The van der Waals surface area contributed by atoms with Gasteiger partial charge in [-0.05, 0) is 74.2 Å². The van der Waals surface area contributed by atoms with Crippen molar-refractivity contribution in [3.05, 3.63) is 51.6 Å². The fourth-order valence-electron chi connectivity index (χ4n) is 6.79. The Hall–Kier alpha value is -4.47. The number of ether oxygens (including phenoxy) is 4. The molecule has 3 aliphatic rings. The number of aromatic nitrogens is 4. The van der Waals surface area contributed by atoms with Crippen LogP contribution in [0.3, 0.4) is 0 Å². The first-order valence-corrected chi connectivity index (χ1v) is 16.1. The first kappa shape index (κ1) is 34.9. The average Bonchev–Trinajstić information content (AvgIpc) is 3.38. The predicted molar refractivity (Wildman–Crippen MR) is 178 cm³/mol. The number of halogens is 1. The van der Waals surface area contributed by atoms with Crippen molar-refractivity contribution >= 4 is 46.5 Å². The summed E-state index contributed by atoms with van der Waals surface area (Å²) in [5.41, 5.74) is 8.32. The van der Waals surface area contributed by atoms with E-state index in [-0.39, 0.29) is 24.1 Å². The summed E-state index contributed by atoms with van der Waals surface area (Å²) in [6.45, 7) is 8.34. The second-order valence-electron chi connectivity index (χ2n) is 13.2. The molecule has 1 saturated carbocycles. The summed E-state index contributed by atoms with van der Waals surface area (Å²) in [4.78, 5) is 51.5. The number of esters is 3. The summed E-state index contributed by atoms with van der Waals surface area (Å²) in [6, 6.07) is 3.72. The number of carbonyl (C=O) groups excluding carboxylic acids is 3. The molecular formula is C35H40ClN5O7. The van der Waals surface area contributed by atoms with Crippen LogP contribution in [0.25, 0.3) is 11.2 Å². The van der Waals surface area contributed by atoms with Gasteiger partial charge in [-0.2, -0.15) is 9.97 Å². The second-order valence-corrected chi connectivity index (χ2v) is 13.6. The van der Waals surface area contributed by atoms with Crippen molar-refractivity contribution in [2.24, 2.45) is 5.92 Å². The minimum absolute atomic E-state index is 0.0738. The van der Waals surface area contributed by atoms with Crippen LogP contribution in [0.15, 0.2) is 29.6 Å². The SMILES string of the molecule is C#CC(COC(=O)CC(C)(C)c1c(C)cc(C)cc1OC(C)=O)(OC)[C@H](Cn1cnc2c(N)nc(Cl)nc21)OC(=O)C1=C2CC(CC1)C2. The molecule has 3 aliphatic carbocycles. The highest BCUT2D eigenvalue weighted by atomic mass is 35.5. The van der Waals surface area contributed by atoms with E-state index in [0.717, 1.165) is 36.0 Å².